The maximum atomic E-state index is 15.8. The molecule has 0 spiro atoms. The van der Waals surface area contributed by atoms with Crippen molar-refractivity contribution in [1.82, 2.24) is 15.0 Å². The number of nitrogens with zero attached hydrogens (tertiary/aromatic N) is 3. The molecule has 0 saturated heterocycles. The summed E-state index contributed by atoms with van der Waals surface area (Å²) in [5.74, 6) is -162. The molecule has 3 aromatic rings. The first kappa shape index (κ1) is 85.3. The molecule has 3 heterocycles. The molecule has 3 nitrogen and oxygen atoms in total. The van der Waals surface area contributed by atoms with E-state index < -0.39 is 238 Å². The molecule has 0 radical (unpaired) electrons. The monoisotopic (exact) mass is 1570 g/mol. The van der Waals surface area contributed by atoms with E-state index in [1.807, 2.05) is 0 Å². The van der Waals surface area contributed by atoms with Crippen LogP contribution in [-0.2, 0) is 35.5 Å². The predicted molar refractivity (Wildman–Crippen MR) is 198 cm³/mol. The summed E-state index contributed by atoms with van der Waals surface area (Å²) >= 11 is 0. The Morgan fingerprint density at radius 2 is 0.247 bits per heavy atom. The van der Waals surface area contributed by atoms with Crippen molar-refractivity contribution >= 4 is 23.8 Å². The highest BCUT2D eigenvalue weighted by atomic mass is 31.1. The highest BCUT2D eigenvalue weighted by Gasteiger charge is 2.89. The van der Waals surface area contributed by atoms with Gasteiger partial charge >= 0.3 is 144 Å². The van der Waals surface area contributed by atoms with Crippen LogP contribution in [0, 0.1) is 0 Å². The molecule has 0 N–H and O–H groups in total. The molecule has 0 atom stereocenters. The average molecular weight is 1570 g/mol. The van der Waals surface area contributed by atoms with Crippen molar-refractivity contribution in [3.63, 3.8) is 0 Å². The summed E-state index contributed by atoms with van der Waals surface area (Å²) in [5.41, 5.74) is -31.2. The third kappa shape index (κ3) is 12.1. The normalized spacial score (nSPS) is 16.2. The fourth-order valence-corrected chi connectivity index (χ4v) is 8.97. The molecule has 0 aromatic carbocycles. The summed E-state index contributed by atoms with van der Waals surface area (Å²) in [5, 5.41) is -13.1. The highest BCUT2D eigenvalue weighted by Crippen LogP contribution is 2.65. The van der Waals surface area contributed by atoms with Crippen LogP contribution >= 0.6 is 7.92 Å². The zero-order valence-corrected chi connectivity index (χ0v) is 43.1. The Hall–Kier alpha value is -5.90. The minimum absolute atomic E-state index is 0.815. The Labute approximate surface area is 490 Å². The van der Waals surface area contributed by atoms with Gasteiger partial charge in [0.2, 0.25) is 0 Å². The molecule has 97 heavy (non-hydrogen) atoms. The zero-order valence-electron chi connectivity index (χ0n) is 42.2. The van der Waals surface area contributed by atoms with E-state index in [0.29, 0.717) is 0 Å². The largest absolute Gasteiger partial charge is 0.460 e. The topological polar surface area (TPSA) is 38.7 Å². The Bertz CT molecular complexity index is 2830. The third-order valence-corrected chi connectivity index (χ3v) is 14.3. The van der Waals surface area contributed by atoms with E-state index in [2.05, 4.69) is 0 Å². The van der Waals surface area contributed by atoms with Crippen LogP contribution in [0.2, 0.25) is 0 Å². The molecular weight excluding hydrogens is 1570 g/mol. The maximum absolute atomic E-state index is 15.8. The summed E-state index contributed by atoms with van der Waals surface area (Å²) in [6.07, 6.45) is -51.6. The van der Waals surface area contributed by atoms with Gasteiger partial charge in [-0.05, 0) is 60.2 Å². The van der Waals surface area contributed by atoms with E-state index in [1.54, 1.807) is 0 Å². The van der Waals surface area contributed by atoms with Crippen molar-refractivity contribution in [3.05, 3.63) is 70.6 Å². The van der Waals surface area contributed by atoms with Gasteiger partial charge in [-0.2, -0.15) is 237 Å². The second-order valence-corrected chi connectivity index (χ2v) is 20.7. The van der Waals surface area contributed by atoms with Gasteiger partial charge in [-0.25, -0.2) is 15.0 Å². The molecule has 0 bridgehead atoms. The van der Waals surface area contributed by atoms with Crippen molar-refractivity contribution in [3.8, 4) is 0 Å². The van der Waals surface area contributed by atoms with Gasteiger partial charge in [0.05, 0.1) is 0 Å². The smallest absolute Gasteiger partial charge is 0.245 e. The number of aromatic nitrogens is 3. The van der Waals surface area contributed by atoms with Gasteiger partial charge in [0, 0.05) is 0 Å². The van der Waals surface area contributed by atoms with E-state index >= 15 is 52.7 Å². The highest BCUT2D eigenvalue weighted by molar-refractivity contribution is 7.79. The molecule has 58 heteroatoms. The quantitative estimate of drug-likeness (QED) is 0.0788. The minimum Gasteiger partial charge on any atom is -0.245 e. The van der Waals surface area contributed by atoms with Crippen molar-refractivity contribution in [2.24, 2.45) is 0 Å². The zero-order chi connectivity index (χ0) is 78.1. The fourth-order valence-electron chi connectivity index (χ4n) is 6.56. The van der Waals surface area contributed by atoms with Gasteiger partial charge in [-0.3, -0.25) is 0 Å². The molecule has 0 fully saturated rings. The minimum atomic E-state index is -9.17. The Balaban J connectivity index is 3.40. The molecule has 3 rings (SSSR count). The molecule has 3 aromatic heterocycles. The van der Waals surface area contributed by atoms with Crippen molar-refractivity contribution in [2.45, 2.75) is 144 Å². The Morgan fingerprint density at radius 1 is 0.155 bits per heavy atom. The number of hydrogen-bond acceptors (Lipinski definition) is 3. The molecule has 560 valence electrons. The number of alkyl halides is 54. The van der Waals surface area contributed by atoms with Gasteiger partial charge in [-0.1, -0.05) is 0 Å². The van der Waals surface area contributed by atoms with Gasteiger partial charge in [0.15, 0.2) is 0 Å². The number of rotatable bonds is 21. The first-order valence-corrected chi connectivity index (χ1v) is 23.0. The van der Waals surface area contributed by atoms with Crippen LogP contribution in [0.1, 0.15) is 34.2 Å². The molecule has 0 saturated carbocycles. The second kappa shape index (κ2) is 22.8. The summed E-state index contributed by atoms with van der Waals surface area (Å²) in [6, 6.07) is -16.1. The summed E-state index contributed by atoms with van der Waals surface area (Å²) in [7, 11) is -7.39. The van der Waals surface area contributed by atoms with E-state index in [-0.39, 0.29) is 0 Å². The lowest BCUT2D eigenvalue weighted by molar-refractivity contribution is -0.401. The van der Waals surface area contributed by atoms with Crippen LogP contribution in [0.5, 0.6) is 0 Å². The van der Waals surface area contributed by atoms with Crippen molar-refractivity contribution in [2.75, 3.05) is 0 Å². The number of hydrogen-bond donors (Lipinski definition) is 0. The average Bonchev–Trinajstić information content (AvgIpc) is 0.726. The second-order valence-electron chi connectivity index (χ2n) is 18.4. The molecule has 0 aliphatic carbocycles. The number of pyridine rings is 3. The summed E-state index contributed by atoms with van der Waals surface area (Å²) in [6.45, 7) is 0. The lowest BCUT2D eigenvalue weighted by Gasteiger charge is -2.37. The molecule has 0 unspecified atom stereocenters. The van der Waals surface area contributed by atoms with Crippen LogP contribution in [0.3, 0.4) is 0 Å². The summed E-state index contributed by atoms with van der Waals surface area (Å²) < 4.78 is 778. The van der Waals surface area contributed by atoms with E-state index in [4.69, 9.17) is 0 Å². The van der Waals surface area contributed by atoms with Crippen LogP contribution < -0.4 is 15.9 Å². The van der Waals surface area contributed by atoms with Crippen molar-refractivity contribution < 1.29 is 237 Å². The van der Waals surface area contributed by atoms with E-state index in [1.165, 1.54) is 0 Å². The SMILES string of the molecule is FC(F)(F)C(F)(F)C(F)(F)C(F)(F)c1cc(P(c2cc(C(F)(F)C(F)(F)C(F)(F)C(F)(F)F)nc(C(F)(F)C(F)(F)C(F)(F)C(F)(F)F)c2)c2cc(C(F)(F)C(F)(F)C(F)(F)C(F)(F)F)nc(C(F)(F)C(F)(F)C(F)(F)C(F)(F)F)c2)cc(C(F)(F)C(F)(F)C(F)(F)C(F)(F)F)n1. The number of halogens is 54. The lowest BCUT2D eigenvalue weighted by Crippen LogP contribution is -2.61. The first-order valence-electron chi connectivity index (χ1n) is 21.7. The van der Waals surface area contributed by atoms with Gasteiger partial charge in [0.1, 0.15) is 34.2 Å². The van der Waals surface area contributed by atoms with Gasteiger partial charge in [0.25, 0.3) is 0 Å². The first-order chi connectivity index (χ1) is 41.6. The fraction of sp³-hybridized carbons (Fsp3) is 0.615. The van der Waals surface area contributed by atoms with Crippen LogP contribution in [-0.4, -0.2) is 123 Å². The van der Waals surface area contributed by atoms with E-state index in [9.17, 15) is 184 Å². The molecular formula is C39H6F54N3P. The molecule has 0 aliphatic heterocycles. The van der Waals surface area contributed by atoms with Gasteiger partial charge in [-0.15, -0.1) is 0 Å². The van der Waals surface area contributed by atoms with Gasteiger partial charge < -0.3 is 0 Å². The van der Waals surface area contributed by atoms with Crippen LogP contribution in [0.15, 0.2) is 36.4 Å². The summed E-state index contributed by atoms with van der Waals surface area (Å²) in [4.78, 5) is 2.44. The molecule has 0 aliphatic rings. The lowest BCUT2D eigenvalue weighted by atomic mass is 9.97. The van der Waals surface area contributed by atoms with Crippen LogP contribution in [0.25, 0.3) is 0 Å². The third-order valence-electron chi connectivity index (χ3n) is 12.0. The Morgan fingerprint density at radius 3 is 0.330 bits per heavy atom. The van der Waals surface area contributed by atoms with E-state index in [0.717, 1.165) is 15.0 Å². The standard InChI is InChI=1S/C39H6F54N3P/c40-16(41,22(52,53)28(64,65)34(76,77)78)10-1-7(2-11(94-10)17(42,43)23(54,55)29(66,67)35(79,80)81)97(8-3-12(18(44,45)24(56,57)30(68,69)36(82,83)84)95-13(4-8)19(46,47)25(58,59)31(70,71)37(85,86)87)9-5-14(20(48,49)26(60,61)32(72,73)38(88,89)90)96-15(6-9)21(50,51)27(62,63)33(74,75)39(91,92)93/h1-6H. The van der Waals surface area contributed by atoms with Crippen LogP contribution in [0.4, 0.5) is 237 Å². The molecule has 0 amide bonds. The van der Waals surface area contributed by atoms with Crippen molar-refractivity contribution in [1.29, 1.82) is 0 Å². The predicted octanol–water partition coefficient (Wildman–Crippen LogP) is 19.2. The Kier molecular flexibility index (Phi) is 20.1. The maximum Gasteiger partial charge on any atom is 0.460 e.